The number of aromatic nitrogens is 2. The number of rotatable bonds is 2. The van der Waals surface area contributed by atoms with Crippen molar-refractivity contribution in [3.63, 3.8) is 0 Å². The van der Waals surface area contributed by atoms with Gasteiger partial charge in [0.15, 0.2) is 0 Å². The summed E-state index contributed by atoms with van der Waals surface area (Å²) in [6, 6.07) is 13.7. The molecular weight excluding hydrogens is 224 g/mol. The van der Waals surface area contributed by atoms with E-state index >= 15 is 0 Å². The molecule has 0 aliphatic rings. The molecule has 0 atom stereocenters. The number of H-pyrrole nitrogens is 1. The summed E-state index contributed by atoms with van der Waals surface area (Å²) >= 11 is 0. The Morgan fingerprint density at radius 1 is 1.17 bits per heavy atom. The maximum atomic E-state index is 10.7. The predicted molar refractivity (Wildman–Crippen MR) is 71.7 cm³/mol. The quantitative estimate of drug-likeness (QED) is 0.693. The number of benzene rings is 2. The number of nitrogens with one attached hydrogen (secondary N) is 1. The number of hydrogen-bond donors (Lipinski definition) is 1. The maximum Gasteiger partial charge on any atom is 0.150 e. The molecule has 3 nitrogen and oxygen atoms in total. The van der Waals surface area contributed by atoms with Crippen LogP contribution in [-0.4, -0.2) is 16.5 Å². The van der Waals surface area contributed by atoms with E-state index in [1.165, 1.54) is 5.56 Å². The summed E-state index contributed by atoms with van der Waals surface area (Å²) < 4.78 is 0. The topological polar surface area (TPSA) is 45.8 Å². The predicted octanol–water partition coefficient (Wildman–Crippen LogP) is 3.35. The van der Waals surface area contributed by atoms with Gasteiger partial charge < -0.3 is 0 Å². The maximum absolute atomic E-state index is 10.7. The van der Waals surface area contributed by atoms with Crippen LogP contribution < -0.4 is 0 Å². The van der Waals surface area contributed by atoms with Gasteiger partial charge in [0.25, 0.3) is 0 Å². The zero-order chi connectivity index (χ0) is 12.5. The lowest BCUT2D eigenvalue weighted by Gasteiger charge is -2.02. The van der Waals surface area contributed by atoms with Gasteiger partial charge in [-0.1, -0.05) is 30.3 Å². The van der Waals surface area contributed by atoms with E-state index in [1.807, 2.05) is 30.3 Å². The SMILES string of the molecule is Cc1ccccc1-c1n[nH]c2cc(C=O)ccc12. The Labute approximate surface area is 104 Å². The van der Waals surface area contributed by atoms with Gasteiger partial charge in [-0.05, 0) is 24.6 Å². The van der Waals surface area contributed by atoms with E-state index in [9.17, 15) is 4.79 Å². The van der Waals surface area contributed by atoms with Crippen molar-refractivity contribution in [1.82, 2.24) is 10.2 Å². The van der Waals surface area contributed by atoms with Crippen LogP contribution in [0.2, 0.25) is 0 Å². The highest BCUT2D eigenvalue weighted by Gasteiger charge is 2.09. The second-order valence-corrected chi connectivity index (χ2v) is 4.31. The second-order valence-electron chi connectivity index (χ2n) is 4.31. The third-order valence-corrected chi connectivity index (χ3v) is 3.12. The van der Waals surface area contributed by atoms with Gasteiger partial charge in [-0.15, -0.1) is 0 Å². The number of nitrogens with zero attached hydrogens (tertiary/aromatic N) is 1. The Hall–Kier alpha value is -2.42. The smallest absolute Gasteiger partial charge is 0.150 e. The van der Waals surface area contributed by atoms with Crippen LogP contribution >= 0.6 is 0 Å². The highest BCUT2D eigenvalue weighted by molar-refractivity contribution is 5.96. The van der Waals surface area contributed by atoms with Crippen molar-refractivity contribution in [3.05, 3.63) is 53.6 Å². The fraction of sp³-hybridized carbons (Fsp3) is 0.0667. The summed E-state index contributed by atoms with van der Waals surface area (Å²) in [5, 5.41) is 8.38. The zero-order valence-corrected chi connectivity index (χ0v) is 9.97. The number of carbonyl (C=O) groups is 1. The highest BCUT2D eigenvalue weighted by atomic mass is 16.1. The highest BCUT2D eigenvalue weighted by Crippen LogP contribution is 2.28. The van der Waals surface area contributed by atoms with Crippen LogP contribution in [0.25, 0.3) is 22.2 Å². The van der Waals surface area contributed by atoms with E-state index in [0.29, 0.717) is 5.56 Å². The molecule has 0 aliphatic heterocycles. The summed E-state index contributed by atoms with van der Waals surface area (Å²) in [4.78, 5) is 10.7. The minimum atomic E-state index is 0.655. The Bertz CT molecular complexity index is 728. The number of aldehydes is 1. The van der Waals surface area contributed by atoms with E-state index in [0.717, 1.165) is 28.4 Å². The van der Waals surface area contributed by atoms with Crippen LogP contribution in [0.5, 0.6) is 0 Å². The van der Waals surface area contributed by atoms with Crippen molar-refractivity contribution >= 4 is 17.2 Å². The van der Waals surface area contributed by atoms with Crippen molar-refractivity contribution in [2.24, 2.45) is 0 Å². The molecule has 0 unspecified atom stereocenters. The van der Waals surface area contributed by atoms with Gasteiger partial charge >= 0.3 is 0 Å². The van der Waals surface area contributed by atoms with Crippen molar-refractivity contribution in [1.29, 1.82) is 0 Å². The lowest BCUT2D eigenvalue weighted by atomic mass is 10.0. The molecule has 0 aliphatic carbocycles. The monoisotopic (exact) mass is 236 g/mol. The fourth-order valence-corrected chi connectivity index (χ4v) is 2.15. The van der Waals surface area contributed by atoms with Crippen LogP contribution in [0.3, 0.4) is 0 Å². The largest absolute Gasteiger partial charge is 0.298 e. The van der Waals surface area contributed by atoms with Crippen LogP contribution in [0.1, 0.15) is 15.9 Å². The molecule has 0 saturated carbocycles. The average Bonchev–Trinajstić information content (AvgIpc) is 2.82. The Balaban J connectivity index is 2.25. The molecular formula is C15H12N2O. The van der Waals surface area contributed by atoms with Gasteiger partial charge in [-0.2, -0.15) is 5.10 Å². The van der Waals surface area contributed by atoms with Crippen molar-refractivity contribution < 1.29 is 4.79 Å². The molecule has 88 valence electrons. The molecule has 0 radical (unpaired) electrons. The Morgan fingerprint density at radius 3 is 2.78 bits per heavy atom. The Morgan fingerprint density at radius 2 is 2.00 bits per heavy atom. The van der Waals surface area contributed by atoms with Gasteiger partial charge in [-0.25, -0.2) is 0 Å². The number of aryl methyl sites for hydroxylation is 1. The second kappa shape index (κ2) is 4.11. The van der Waals surface area contributed by atoms with E-state index in [-0.39, 0.29) is 0 Å². The first-order chi connectivity index (χ1) is 8.79. The van der Waals surface area contributed by atoms with Gasteiger partial charge in [0.1, 0.15) is 12.0 Å². The molecule has 3 heteroatoms. The molecule has 3 rings (SSSR count). The van der Waals surface area contributed by atoms with Crippen LogP contribution in [0.15, 0.2) is 42.5 Å². The summed E-state index contributed by atoms with van der Waals surface area (Å²) in [6.07, 6.45) is 0.841. The number of fused-ring (bicyclic) bond motifs is 1. The standard InChI is InChI=1S/C15H12N2O/c1-10-4-2-3-5-12(10)15-13-7-6-11(9-18)8-14(13)16-17-15/h2-9H,1H3,(H,16,17). The van der Waals surface area contributed by atoms with Crippen molar-refractivity contribution in [2.45, 2.75) is 6.92 Å². The average molecular weight is 236 g/mol. The first kappa shape index (κ1) is 10.7. The summed E-state index contributed by atoms with van der Waals surface area (Å²) in [5.41, 5.74) is 4.77. The molecule has 0 fully saturated rings. The van der Waals surface area contributed by atoms with Gasteiger partial charge in [0.2, 0.25) is 0 Å². The number of carbonyl (C=O) groups excluding carboxylic acids is 1. The lowest BCUT2D eigenvalue weighted by molar-refractivity contribution is 0.112. The molecule has 1 heterocycles. The molecule has 2 aromatic carbocycles. The van der Waals surface area contributed by atoms with E-state index in [2.05, 4.69) is 29.3 Å². The lowest BCUT2D eigenvalue weighted by Crippen LogP contribution is -1.83. The third-order valence-electron chi connectivity index (χ3n) is 3.12. The van der Waals surface area contributed by atoms with Crippen molar-refractivity contribution in [3.8, 4) is 11.3 Å². The Kier molecular flexibility index (Phi) is 2.45. The van der Waals surface area contributed by atoms with E-state index in [4.69, 9.17) is 0 Å². The molecule has 0 saturated heterocycles. The molecule has 0 bridgehead atoms. The minimum Gasteiger partial charge on any atom is -0.298 e. The van der Waals surface area contributed by atoms with Gasteiger partial charge in [0.05, 0.1) is 5.52 Å². The zero-order valence-electron chi connectivity index (χ0n) is 9.97. The van der Waals surface area contributed by atoms with Crippen LogP contribution in [0, 0.1) is 6.92 Å². The molecule has 3 aromatic rings. The third kappa shape index (κ3) is 1.61. The summed E-state index contributed by atoms with van der Waals surface area (Å²) in [6.45, 7) is 2.07. The summed E-state index contributed by atoms with van der Waals surface area (Å²) in [7, 11) is 0. The van der Waals surface area contributed by atoms with E-state index in [1.54, 1.807) is 0 Å². The molecule has 1 aromatic heterocycles. The number of hydrogen-bond acceptors (Lipinski definition) is 2. The first-order valence-corrected chi connectivity index (χ1v) is 5.79. The first-order valence-electron chi connectivity index (χ1n) is 5.79. The fourth-order valence-electron chi connectivity index (χ4n) is 2.15. The van der Waals surface area contributed by atoms with Crippen LogP contribution in [0.4, 0.5) is 0 Å². The molecule has 0 spiro atoms. The molecule has 0 amide bonds. The normalized spacial score (nSPS) is 10.7. The summed E-state index contributed by atoms with van der Waals surface area (Å²) in [5.74, 6) is 0. The van der Waals surface area contributed by atoms with Crippen molar-refractivity contribution in [2.75, 3.05) is 0 Å². The molecule has 18 heavy (non-hydrogen) atoms. The molecule has 1 N–H and O–H groups in total. The minimum absolute atomic E-state index is 0.655. The van der Waals surface area contributed by atoms with Crippen LogP contribution in [-0.2, 0) is 0 Å². The van der Waals surface area contributed by atoms with E-state index < -0.39 is 0 Å². The van der Waals surface area contributed by atoms with Gasteiger partial charge in [-0.3, -0.25) is 9.89 Å². The van der Waals surface area contributed by atoms with Gasteiger partial charge in [0, 0.05) is 16.5 Å². The number of aromatic amines is 1.